The zero-order valence-electron chi connectivity index (χ0n) is 18.3. The monoisotopic (exact) mass is 418 g/mol. The predicted octanol–water partition coefficient (Wildman–Crippen LogP) is 1.29. The maximum atomic E-state index is 13.0. The van der Waals surface area contributed by atoms with Crippen molar-refractivity contribution in [3.63, 3.8) is 0 Å². The Hall–Kier alpha value is -2.19. The number of pyridine rings is 1. The van der Waals surface area contributed by atoms with Crippen molar-refractivity contribution in [3.8, 4) is 0 Å². The molecule has 8 heteroatoms. The highest BCUT2D eigenvalue weighted by Gasteiger charge is 2.28. The fourth-order valence-electron chi connectivity index (χ4n) is 4.30. The van der Waals surface area contributed by atoms with Gasteiger partial charge < -0.3 is 24.8 Å². The molecular weight excluding hydrogens is 384 g/mol. The number of carbonyl (C=O) groups excluding carboxylic acids is 2. The van der Waals surface area contributed by atoms with E-state index in [0.717, 1.165) is 37.1 Å². The van der Waals surface area contributed by atoms with E-state index in [-0.39, 0.29) is 29.0 Å². The van der Waals surface area contributed by atoms with E-state index in [9.17, 15) is 14.4 Å². The fourth-order valence-corrected chi connectivity index (χ4v) is 4.30. The molecular formula is C22H34N4O4. The lowest BCUT2D eigenvalue weighted by Gasteiger charge is -2.35. The molecule has 0 spiro atoms. The number of H-pyrrole nitrogens is 1. The molecule has 2 aliphatic rings. The van der Waals surface area contributed by atoms with Crippen LogP contribution in [0, 0.1) is 0 Å². The minimum absolute atomic E-state index is 0.0308. The summed E-state index contributed by atoms with van der Waals surface area (Å²) in [7, 11) is 0. The second-order valence-electron chi connectivity index (χ2n) is 8.39. The number of aromatic amines is 1. The van der Waals surface area contributed by atoms with E-state index < -0.39 is 0 Å². The first kappa shape index (κ1) is 22.5. The van der Waals surface area contributed by atoms with Crippen LogP contribution in [-0.2, 0) is 22.5 Å². The van der Waals surface area contributed by atoms with E-state index in [1.54, 1.807) is 11.1 Å². The molecule has 0 radical (unpaired) electrons. The SMILES string of the molecule is CCOCCC(=O)N1CCc2c(c[nH]c(=O)c2C(=O)NC2CCN(C(C)C)CC2)C1. The molecule has 2 aliphatic heterocycles. The van der Waals surface area contributed by atoms with Crippen molar-refractivity contribution in [2.24, 2.45) is 0 Å². The molecule has 0 unspecified atom stereocenters. The maximum Gasteiger partial charge on any atom is 0.261 e. The zero-order valence-corrected chi connectivity index (χ0v) is 18.3. The fraction of sp³-hybridized carbons (Fsp3) is 0.682. The number of hydrogen-bond acceptors (Lipinski definition) is 5. The topological polar surface area (TPSA) is 94.7 Å². The van der Waals surface area contributed by atoms with Gasteiger partial charge in [0.15, 0.2) is 0 Å². The third kappa shape index (κ3) is 5.29. The molecule has 0 saturated carbocycles. The molecule has 0 aliphatic carbocycles. The summed E-state index contributed by atoms with van der Waals surface area (Å²) in [5.74, 6) is -0.268. The first-order valence-corrected chi connectivity index (χ1v) is 11.0. The molecule has 1 fully saturated rings. The van der Waals surface area contributed by atoms with Crippen molar-refractivity contribution in [2.45, 2.75) is 65.1 Å². The lowest BCUT2D eigenvalue weighted by Crippen LogP contribution is -2.48. The van der Waals surface area contributed by atoms with Gasteiger partial charge in [0.2, 0.25) is 5.91 Å². The lowest BCUT2D eigenvalue weighted by molar-refractivity contribution is -0.133. The number of likely N-dealkylation sites (tertiary alicyclic amines) is 1. The zero-order chi connectivity index (χ0) is 21.7. The van der Waals surface area contributed by atoms with Crippen LogP contribution in [0.4, 0.5) is 0 Å². The molecule has 2 N–H and O–H groups in total. The molecule has 0 bridgehead atoms. The number of ether oxygens (including phenoxy) is 1. The summed E-state index contributed by atoms with van der Waals surface area (Å²) < 4.78 is 5.27. The molecule has 30 heavy (non-hydrogen) atoms. The normalized spacial score (nSPS) is 17.8. The second-order valence-corrected chi connectivity index (χ2v) is 8.39. The molecule has 166 valence electrons. The van der Waals surface area contributed by atoms with Gasteiger partial charge in [-0.3, -0.25) is 14.4 Å². The van der Waals surface area contributed by atoms with Crippen LogP contribution in [0.2, 0.25) is 0 Å². The third-order valence-electron chi connectivity index (χ3n) is 6.13. The van der Waals surface area contributed by atoms with E-state index in [2.05, 4.69) is 29.0 Å². The van der Waals surface area contributed by atoms with Crippen molar-refractivity contribution >= 4 is 11.8 Å². The van der Waals surface area contributed by atoms with Gasteiger partial charge in [-0.1, -0.05) is 0 Å². The number of rotatable bonds is 7. The molecule has 1 aromatic rings. The number of hydrogen-bond donors (Lipinski definition) is 2. The Bertz CT molecular complexity index is 812. The van der Waals surface area contributed by atoms with Gasteiger partial charge in [0.1, 0.15) is 5.56 Å². The molecule has 0 atom stereocenters. The molecule has 1 aromatic heterocycles. The summed E-state index contributed by atoms with van der Waals surface area (Å²) in [6.07, 6.45) is 4.26. The van der Waals surface area contributed by atoms with Crippen LogP contribution >= 0.6 is 0 Å². The number of nitrogens with one attached hydrogen (secondary N) is 2. The van der Waals surface area contributed by atoms with Crippen LogP contribution in [-0.4, -0.2) is 71.5 Å². The highest BCUT2D eigenvalue weighted by Crippen LogP contribution is 2.21. The summed E-state index contributed by atoms with van der Waals surface area (Å²) in [4.78, 5) is 44.7. The van der Waals surface area contributed by atoms with Crippen LogP contribution in [0.1, 0.15) is 61.5 Å². The number of aromatic nitrogens is 1. The Morgan fingerprint density at radius 2 is 2.00 bits per heavy atom. The number of piperidine rings is 1. The molecule has 3 heterocycles. The van der Waals surface area contributed by atoms with Crippen molar-refractivity contribution in [2.75, 3.05) is 32.8 Å². The Kier molecular flexibility index (Phi) is 7.66. The number of amides is 2. The lowest BCUT2D eigenvalue weighted by atomic mass is 9.95. The third-order valence-corrected chi connectivity index (χ3v) is 6.13. The van der Waals surface area contributed by atoms with Crippen molar-refractivity contribution in [3.05, 3.63) is 33.2 Å². The van der Waals surface area contributed by atoms with Crippen LogP contribution in [0.25, 0.3) is 0 Å². The number of carbonyl (C=O) groups is 2. The highest BCUT2D eigenvalue weighted by molar-refractivity contribution is 5.96. The summed E-state index contributed by atoms with van der Waals surface area (Å²) in [6.45, 7) is 10.1. The van der Waals surface area contributed by atoms with Crippen molar-refractivity contribution < 1.29 is 14.3 Å². The Balaban J connectivity index is 1.66. The van der Waals surface area contributed by atoms with Gasteiger partial charge in [-0.25, -0.2) is 0 Å². The van der Waals surface area contributed by atoms with Gasteiger partial charge in [-0.05, 0) is 51.2 Å². The van der Waals surface area contributed by atoms with Crippen LogP contribution in [0.5, 0.6) is 0 Å². The molecule has 2 amide bonds. The van der Waals surface area contributed by atoms with Gasteiger partial charge in [0.25, 0.3) is 11.5 Å². The number of nitrogens with zero attached hydrogens (tertiary/aromatic N) is 2. The average molecular weight is 419 g/mol. The Morgan fingerprint density at radius 3 is 2.67 bits per heavy atom. The summed E-state index contributed by atoms with van der Waals surface area (Å²) >= 11 is 0. The van der Waals surface area contributed by atoms with Gasteiger partial charge in [0.05, 0.1) is 13.0 Å². The molecule has 3 rings (SSSR count). The van der Waals surface area contributed by atoms with Gasteiger partial charge >= 0.3 is 0 Å². The van der Waals surface area contributed by atoms with E-state index in [1.165, 1.54) is 0 Å². The Labute approximate surface area is 178 Å². The van der Waals surface area contributed by atoms with Crippen LogP contribution in [0.15, 0.2) is 11.0 Å². The molecule has 0 aromatic carbocycles. The highest BCUT2D eigenvalue weighted by atomic mass is 16.5. The van der Waals surface area contributed by atoms with Crippen LogP contribution < -0.4 is 10.9 Å². The summed E-state index contributed by atoms with van der Waals surface area (Å²) in [6, 6.07) is 0.591. The molecule has 8 nitrogen and oxygen atoms in total. The quantitative estimate of drug-likeness (QED) is 0.651. The van der Waals surface area contributed by atoms with E-state index in [0.29, 0.717) is 45.2 Å². The van der Waals surface area contributed by atoms with Crippen LogP contribution in [0.3, 0.4) is 0 Å². The largest absolute Gasteiger partial charge is 0.381 e. The minimum atomic E-state index is -0.359. The first-order valence-electron chi connectivity index (χ1n) is 11.0. The minimum Gasteiger partial charge on any atom is -0.381 e. The summed E-state index contributed by atoms with van der Waals surface area (Å²) in [5.41, 5.74) is 1.46. The van der Waals surface area contributed by atoms with Crippen molar-refractivity contribution in [1.29, 1.82) is 0 Å². The average Bonchev–Trinajstić information content (AvgIpc) is 2.73. The van der Waals surface area contributed by atoms with Gasteiger partial charge in [-0.15, -0.1) is 0 Å². The van der Waals surface area contributed by atoms with E-state index in [4.69, 9.17) is 4.74 Å². The second kappa shape index (κ2) is 10.2. The van der Waals surface area contributed by atoms with Gasteiger partial charge in [0, 0.05) is 51.1 Å². The van der Waals surface area contributed by atoms with E-state index >= 15 is 0 Å². The van der Waals surface area contributed by atoms with E-state index in [1.807, 2.05) is 6.92 Å². The predicted molar refractivity (Wildman–Crippen MR) is 114 cm³/mol. The summed E-state index contributed by atoms with van der Waals surface area (Å²) in [5, 5.41) is 3.07. The van der Waals surface area contributed by atoms with Crippen molar-refractivity contribution in [1.82, 2.24) is 20.1 Å². The number of fused-ring (bicyclic) bond motifs is 1. The maximum absolute atomic E-state index is 13.0. The molecule has 1 saturated heterocycles. The first-order chi connectivity index (χ1) is 14.4. The van der Waals surface area contributed by atoms with Gasteiger partial charge in [-0.2, -0.15) is 0 Å². The Morgan fingerprint density at radius 1 is 1.27 bits per heavy atom. The standard InChI is InChI=1S/C22H34N4O4/c1-4-30-12-8-19(27)26-11-7-18-16(14-26)13-23-21(28)20(18)22(29)24-17-5-9-25(10-6-17)15(2)3/h13,15,17H,4-12,14H2,1-3H3,(H,23,28)(H,24,29). The smallest absolute Gasteiger partial charge is 0.261 e.